The van der Waals surface area contributed by atoms with Gasteiger partial charge in [0.25, 0.3) is 0 Å². The lowest BCUT2D eigenvalue weighted by molar-refractivity contribution is 0.0445. The van der Waals surface area contributed by atoms with E-state index >= 15 is 0 Å². The van der Waals surface area contributed by atoms with Crippen molar-refractivity contribution in [2.24, 2.45) is 11.8 Å². The Kier molecular flexibility index (Phi) is 7.59. The van der Waals surface area contributed by atoms with Crippen molar-refractivity contribution >= 4 is 23.3 Å². The number of hydrogen-bond donors (Lipinski definition) is 0. The summed E-state index contributed by atoms with van der Waals surface area (Å²) in [5.41, 5.74) is 0.320. The molecule has 0 aliphatic rings. The highest BCUT2D eigenvalue weighted by molar-refractivity contribution is 7.14. The van der Waals surface area contributed by atoms with Gasteiger partial charge in [-0.1, -0.05) is 27.7 Å². The van der Waals surface area contributed by atoms with Crippen molar-refractivity contribution in [2.45, 2.75) is 47.5 Å². The Morgan fingerprint density at radius 1 is 1.00 bits per heavy atom. The smallest absolute Gasteiger partial charge is 0.349 e. The van der Waals surface area contributed by atoms with E-state index in [0.717, 1.165) is 17.7 Å². The zero-order valence-corrected chi connectivity index (χ0v) is 14.9. The van der Waals surface area contributed by atoms with Crippen molar-refractivity contribution in [1.29, 1.82) is 0 Å². The third kappa shape index (κ3) is 6.18. The molecule has 0 saturated carbocycles. The fraction of sp³-hybridized carbons (Fsp3) is 0.647. The highest BCUT2D eigenvalue weighted by atomic mass is 32.1. The molecule has 0 aliphatic heterocycles. The topological polar surface area (TPSA) is 52.6 Å². The first-order valence-corrected chi connectivity index (χ1v) is 8.57. The summed E-state index contributed by atoms with van der Waals surface area (Å²) in [7, 11) is 0. The van der Waals surface area contributed by atoms with Crippen LogP contribution in [0.5, 0.6) is 0 Å². The monoisotopic (exact) mass is 326 g/mol. The Balaban J connectivity index is 2.67. The number of thiophene rings is 1. The molecule has 0 saturated heterocycles. The highest BCUT2D eigenvalue weighted by Gasteiger charge is 2.22. The minimum Gasteiger partial charge on any atom is -0.462 e. The van der Waals surface area contributed by atoms with E-state index in [-0.39, 0.29) is 0 Å². The van der Waals surface area contributed by atoms with E-state index in [0.29, 0.717) is 35.5 Å². The first-order valence-electron chi connectivity index (χ1n) is 7.76. The average molecular weight is 326 g/mol. The quantitative estimate of drug-likeness (QED) is 0.662. The lowest BCUT2D eigenvalue weighted by atomic mass is 10.1. The summed E-state index contributed by atoms with van der Waals surface area (Å²) >= 11 is 1.27. The van der Waals surface area contributed by atoms with Gasteiger partial charge in [0, 0.05) is 4.88 Å². The van der Waals surface area contributed by atoms with Gasteiger partial charge in [-0.3, -0.25) is 0 Å². The van der Waals surface area contributed by atoms with Gasteiger partial charge in [0.15, 0.2) is 0 Å². The van der Waals surface area contributed by atoms with Gasteiger partial charge in [0.1, 0.15) is 4.88 Å². The van der Waals surface area contributed by atoms with Crippen LogP contribution in [0.15, 0.2) is 6.07 Å². The van der Waals surface area contributed by atoms with Gasteiger partial charge in [-0.25, -0.2) is 9.59 Å². The van der Waals surface area contributed by atoms with Gasteiger partial charge in [-0.15, -0.1) is 11.3 Å². The summed E-state index contributed by atoms with van der Waals surface area (Å²) < 4.78 is 10.5. The van der Waals surface area contributed by atoms with Crippen molar-refractivity contribution < 1.29 is 19.1 Å². The van der Waals surface area contributed by atoms with Crippen LogP contribution < -0.4 is 0 Å². The number of aryl methyl sites for hydroxylation is 1. The molecule has 1 rings (SSSR count). The van der Waals surface area contributed by atoms with Gasteiger partial charge in [-0.05, 0) is 37.7 Å². The molecule has 0 N–H and O–H groups in total. The van der Waals surface area contributed by atoms with E-state index in [1.807, 2.05) is 6.92 Å². The predicted octanol–water partition coefficient (Wildman–Crippen LogP) is 4.46. The van der Waals surface area contributed by atoms with Crippen molar-refractivity contribution in [3.8, 4) is 0 Å². The maximum atomic E-state index is 12.1. The predicted molar refractivity (Wildman–Crippen MR) is 88.5 cm³/mol. The molecule has 4 nitrogen and oxygen atoms in total. The number of esters is 2. The molecular formula is C17H26O4S. The normalized spacial score (nSPS) is 11.0. The van der Waals surface area contributed by atoms with Crippen molar-refractivity contribution in [2.75, 3.05) is 13.2 Å². The summed E-state index contributed by atoms with van der Waals surface area (Å²) in [6, 6.07) is 1.70. The molecule has 1 heterocycles. The summed E-state index contributed by atoms with van der Waals surface area (Å²) in [6.45, 7) is 10.9. The molecule has 22 heavy (non-hydrogen) atoms. The zero-order valence-electron chi connectivity index (χ0n) is 14.1. The third-order valence-corrected chi connectivity index (χ3v) is 4.15. The van der Waals surface area contributed by atoms with Crippen molar-refractivity contribution in [3.63, 3.8) is 0 Å². The van der Waals surface area contributed by atoms with E-state index in [2.05, 4.69) is 27.7 Å². The average Bonchev–Trinajstić information content (AvgIpc) is 2.80. The number of hydrogen-bond acceptors (Lipinski definition) is 5. The zero-order chi connectivity index (χ0) is 16.7. The molecule has 5 heteroatoms. The largest absolute Gasteiger partial charge is 0.462 e. The van der Waals surface area contributed by atoms with Gasteiger partial charge in [-0.2, -0.15) is 0 Å². The Hall–Kier alpha value is -1.36. The fourth-order valence-electron chi connectivity index (χ4n) is 1.74. The Labute approximate surface area is 136 Å². The first kappa shape index (κ1) is 18.7. The second kappa shape index (κ2) is 8.93. The van der Waals surface area contributed by atoms with Crippen LogP contribution in [-0.4, -0.2) is 25.2 Å². The first-order chi connectivity index (χ1) is 10.3. The van der Waals surface area contributed by atoms with Crippen molar-refractivity contribution in [3.05, 3.63) is 21.4 Å². The standard InChI is InChI=1S/C17H26O4S/c1-11(2)6-8-20-16(18)14-10-13(5)22-15(14)17(19)21-9-7-12(3)4/h10-12H,6-9H2,1-5H3. The Morgan fingerprint density at radius 3 is 2.00 bits per heavy atom. The van der Waals surface area contributed by atoms with E-state index in [9.17, 15) is 9.59 Å². The van der Waals surface area contributed by atoms with Crippen LogP contribution in [0.2, 0.25) is 0 Å². The molecule has 0 spiro atoms. The van der Waals surface area contributed by atoms with Crippen LogP contribution in [0.1, 0.15) is 65.4 Å². The lowest BCUT2D eigenvalue weighted by Gasteiger charge is -2.08. The Bertz CT molecular complexity index is 459. The number of carbonyl (C=O) groups excluding carboxylic acids is 2. The minimum atomic E-state index is -0.444. The van der Waals surface area contributed by atoms with E-state index < -0.39 is 11.9 Å². The Morgan fingerprint density at radius 2 is 1.50 bits per heavy atom. The molecule has 0 unspecified atom stereocenters. The van der Waals surface area contributed by atoms with Crippen LogP contribution >= 0.6 is 11.3 Å². The molecule has 1 aromatic heterocycles. The molecule has 124 valence electrons. The highest BCUT2D eigenvalue weighted by Crippen LogP contribution is 2.24. The maximum Gasteiger partial charge on any atom is 0.349 e. The summed E-state index contributed by atoms with van der Waals surface area (Å²) in [5.74, 6) is 0.0613. The summed E-state index contributed by atoms with van der Waals surface area (Å²) in [6.07, 6.45) is 1.62. The molecular weight excluding hydrogens is 300 g/mol. The summed E-state index contributed by atoms with van der Waals surface area (Å²) in [4.78, 5) is 25.5. The van der Waals surface area contributed by atoms with E-state index in [4.69, 9.17) is 9.47 Å². The second-order valence-electron chi connectivity index (χ2n) is 6.24. The second-order valence-corrected chi connectivity index (χ2v) is 7.49. The third-order valence-electron chi connectivity index (χ3n) is 3.12. The van der Waals surface area contributed by atoms with E-state index in [1.54, 1.807) is 6.07 Å². The number of ether oxygens (including phenoxy) is 2. The molecule has 1 aromatic rings. The van der Waals surface area contributed by atoms with Gasteiger partial charge < -0.3 is 9.47 Å². The molecule has 0 bridgehead atoms. The van der Waals surface area contributed by atoms with Crippen LogP contribution in [0, 0.1) is 18.8 Å². The van der Waals surface area contributed by atoms with Gasteiger partial charge in [0.05, 0.1) is 18.8 Å². The maximum absolute atomic E-state index is 12.1. The van der Waals surface area contributed by atoms with Crippen LogP contribution in [0.4, 0.5) is 0 Å². The molecule has 0 fully saturated rings. The molecule has 0 atom stereocenters. The lowest BCUT2D eigenvalue weighted by Crippen LogP contribution is -2.13. The molecule has 0 aromatic carbocycles. The van der Waals surface area contributed by atoms with Crippen LogP contribution in [-0.2, 0) is 9.47 Å². The van der Waals surface area contributed by atoms with Gasteiger partial charge in [0.2, 0.25) is 0 Å². The molecule has 0 amide bonds. The van der Waals surface area contributed by atoms with E-state index in [1.165, 1.54) is 11.3 Å². The number of rotatable bonds is 8. The summed E-state index contributed by atoms with van der Waals surface area (Å²) in [5, 5.41) is 0. The molecule has 0 radical (unpaired) electrons. The van der Waals surface area contributed by atoms with Crippen LogP contribution in [0.25, 0.3) is 0 Å². The SMILES string of the molecule is Cc1cc(C(=O)OCCC(C)C)c(C(=O)OCCC(C)C)s1. The van der Waals surface area contributed by atoms with Crippen LogP contribution in [0.3, 0.4) is 0 Å². The fourth-order valence-corrected chi connectivity index (χ4v) is 2.63. The minimum absolute atomic E-state index is 0.320. The van der Waals surface area contributed by atoms with Gasteiger partial charge >= 0.3 is 11.9 Å². The van der Waals surface area contributed by atoms with Crippen molar-refractivity contribution in [1.82, 2.24) is 0 Å². The molecule has 0 aliphatic carbocycles. The number of carbonyl (C=O) groups is 2.